The van der Waals surface area contributed by atoms with Gasteiger partial charge in [0.2, 0.25) is 0 Å². The Hall–Kier alpha value is -0.870. The molecule has 1 heterocycles. The van der Waals surface area contributed by atoms with E-state index in [1.807, 2.05) is 18.4 Å². The first kappa shape index (κ1) is 10.2. The number of carboxylic acid groups (broad SMARTS) is 1. The van der Waals surface area contributed by atoms with Crippen molar-refractivity contribution in [2.24, 2.45) is 5.73 Å². The van der Waals surface area contributed by atoms with E-state index in [9.17, 15) is 4.79 Å². The van der Waals surface area contributed by atoms with Crippen molar-refractivity contribution in [1.82, 2.24) is 0 Å². The van der Waals surface area contributed by atoms with E-state index in [-0.39, 0.29) is 0 Å². The molecule has 0 aromatic carbocycles. The number of carboxylic acids is 1. The Balaban J connectivity index is 2.44. The maximum Gasteiger partial charge on any atom is 0.320 e. The predicted molar refractivity (Wildman–Crippen MR) is 53.0 cm³/mol. The van der Waals surface area contributed by atoms with Crippen LogP contribution < -0.4 is 5.73 Å². The smallest absolute Gasteiger partial charge is 0.320 e. The van der Waals surface area contributed by atoms with Gasteiger partial charge in [-0.2, -0.15) is 0 Å². The summed E-state index contributed by atoms with van der Waals surface area (Å²) in [6, 6.07) is 1.30. The number of thiophene rings is 1. The summed E-state index contributed by atoms with van der Waals surface area (Å²) in [5.74, 6) is -0.922. The third kappa shape index (κ3) is 2.82. The van der Waals surface area contributed by atoms with Gasteiger partial charge in [-0.05, 0) is 36.8 Å². The molecule has 0 saturated heterocycles. The average molecular weight is 199 g/mol. The van der Waals surface area contributed by atoms with Gasteiger partial charge in [0, 0.05) is 4.88 Å². The van der Waals surface area contributed by atoms with Gasteiger partial charge in [-0.25, -0.2) is 0 Å². The van der Waals surface area contributed by atoms with Crippen molar-refractivity contribution in [3.05, 3.63) is 21.9 Å². The first-order valence-electron chi connectivity index (χ1n) is 4.12. The molecule has 0 aliphatic carbocycles. The molecule has 0 saturated carbocycles. The van der Waals surface area contributed by atoms with Gasteiger partial charge < -0.3 is 10.8 Å². The molecule has 3 nitrogen and oxygen atoms in total. The highest BCUT2D eigenvalue weighted by Gasteiger charge is 2.11. The Morgan fingerprint density at radius 3 is 2.92 bits per heavy atom. The predicted octanol–water partition coefficient (Wildman–Crippen LogP) is 1.40. The highest BCUT2D eigenvalue weighted by molar-refractivity contribution is 7.10. The fourth-order valence-electron chi connectivity index (χ4n) is 1.07. The molecule has 0 aliphatic rings. The maximum absolute atomic E-state index is 10.4. The van der Waals surface area contributed by atoms with Crippen LogP contribution in [0.3, 0.4) is 0 Å². The fourth-order valence-corrected chi connectivity index (χ4v) is 2.00. The molecule has 1 aromatic rings. The molecule has 3 N–H and O–H groups in total. The van der Waals surface area contributed by atoms with Crippen LogP contribution in [0.2, 0.25) is 0 Å². The van der Waals surface area contributed by atoms with Crippen LogP contribution in [0.1, 0.15) is 16.9 Å². The molecule has 0 bridgehead atoms. The number of carbonyl (C=O) groups is 1. The summed E-state index contributed by atoms with van der Waals surface area (Å²) >= 11 is 1.65. The summed E-state index contributed by atoms with van der Waals surface area (Å²) in [7, 11) is 0. The third-order valence-corrected chi connectivity index (χ3v) is 3.05. The average Bonchev–Trinajstić information content (AvgIpc) is 2.47. The first-order chi connectivity index (χ1) is 6.11. The highest BCUT2D eigenvalue weighted by Crippen LogP contribution is 2.17. The molecule has 0 spiro atoms. The summed E-state index contributed by atoms with van der Waals surface area (Å²) in [5.41, 5.74) is 6.61. The van der Waals surface area contributed by atoms with Crippen LogP contribution in [0.15, 0.2) is 11.4 Å². The molecule has 0 unspecified atom stereocenters. The van der Waals surface area contributed by atoms with E-state index >= 15 is 0 Å². The number of hydrogen-bond acceptors (Lipinski definition) is 3. The molecule has 1 rings (SSSR count). The number of hydrogen-bond donors (Lipinski definition) is 2. The normalized spacial score (nSPS) is 12.8. The lowest BCUT2D eigenvalue weighted by Crippen LogP contribution is -2.30. The molecule has 1 aromatic heterocycles. The second kappa shape index (κ2) is 4.39. The van der Waals surface area contributed by atoms with Crippen LogP contribution in [-0.4, -0.2) is 17.1 Å². The first-order valence-corrected chi connectivity index (χ1v) is 5.00. The van der Waals surface area contributed by atoms with E-state index in [0.29, 0.717) is 6.42 Å². The Bertz CT molecular complexity index is 296. The summed E-state index contributed by atoms with van der Waals surface area (Å²) in [6.45, 7) is 2.03. The fraction of sp³-hybridized carbons (Fsp3) is 0.444. The van der Waals surface area contributed by atoms with Crippen LogP contribution in [0.25, 0.3) is 0 Å². The Morgan fingerprint density at radius 2 is 2.46 bits per heavy atom. The van der Waals surface area contributed by atoms with Crippen molar-refractivity contribution < 1.29 is 9.90 Å². The summed E-state index contributed by atoms with van der Waals surface area (Å²) in [4.78, 5) is 11.7. The quantitative estimate of drug-likeness (QED) is 0.770. The Kier molecular flexibility index (Phi) is 3.45. The SMILES string of the molecule is Cc1ccsc1CC[C@@H](N)C(=O)O. The van der Waals surface area contributed by atoms with Gasteiger partial charge in [-0.1, -0.05) is 0 Å². The van der Waals surface area contributed by atoms with Crippen LogP contribution in [0, 0.1) is 6.92 Å². The zero-order valence-electron chi connectivity index (χ0n) is 7.49. The van der Waals surface area contributed by atoms with Gasteiger partial charge in [-0.15, -0.1) is 11.3 Å². The Morgan fingerprint density at radius 1 is 1.77 bits per heavy atom. The van der Waals surface area contributed by atoms with Crippen molar-refractivity contribution in [2.75, 3.05) is 0 Å². The molecule has 4 heteroatoms. The van der Waals surface area contributed by atoms with Gasteiger partial charge >= 0.3 is 5.97 Å². The zero-order valence-corrected chi connectivity index (χ0v) is 8.30. The van der Waals surface area contributed by atoms with E-state index < -0.39 is 12.0 Å². The molecule has 72 valence electrons. The lowest BCUT2D eigenvalue weighted by Gasteiger charge is -2.04. The van der Waals surface area contributed by atoms with Crippen LogP contribution >= 0.6 is 11.3 Å². The van der Waals surface area contributed by atoms with Crippen molar-refractivity contribution in [2.45, 2.75) is 25.8 Å². The summed E-state index contributed by atoms with van der Waals surface area (Å²) in [5, 5.41) is 10.6. The largest absolute Gasteiger partial charge is 0.480 e. The topological polar surface area (TPSA) is 63.3 Å². The molecular formula is C9H13NO2S. The number of aliphatic carboxylic acids is 1. The van der Waals surface area contributed by atoms with Crippen LogP contribution in [0.5, 0.6) is 0 Å². The zero-order chi connectivity index (χ0) is 9.84. The van der Waals surface area contributed by atoms with Crippen LogP contribution in [0.4, 0.5) is 0 Å². The van der Waals surface area contributed by atoms with Gasteiger partial charge in [0.05, 0.1) is 0 Å². The van der Waals surface area contributed by atoms with Gasteiger partial charge in [-0.3, -0.25) is 4.79 Å². The second-order valence-electron chi connectivity index (χ2n) is 3.01. The number of rotatable bonds is 4. The second-order valence-corrected chi connectivity index (χ2v) is 4.01. The van der Waals surface area contributed by atoms with E-state index in [4.69, 9.17) is 10.8 Å². The van der Waals surface area contributed by atoms with E-state index in [2.05, 4.69) is 0 Å². The minimum absolute atomic E-state index is 0.511. The van der Waals surface area contributed by atoms with Gasteiger partial charge in [0.15, 0.2) is 0 Å². The molecule has 1 atom stereocenters. The van der Waals surface area contributed by atoms with Crippen molar-refractivity contribution >= 4 is 17.3 Å². The van der Waals surface area contributed by atoms with E-state index in [1.54, 1.807) is 11.3 Å². The molecule has 13 heavy (non-hydrogen) atoms. The highest BCUT2D eigenvalue weighted by atomic mass is 32.1. The van der Waals surface area contributed by atoms with Crippen molar-refractivity contribution in [1.29, 1.82) is 0 Å². The molecule has 0 radical (unpaired) electrons. The van der Waals surface area contributed by atoms with Crippen LogP contribution in [-0.2, 0) is 11.2 Å². The minimum Gasteiger partial charge on any atom is -0.480 e. The van der Waals surface area contributed by atoms with Gasteiger partial charge in [0.1, 0.15) is 6.04 Å². The summed E-state index contributed by atoms with van der Waals surface area (Å²) < 4.78 is 0. The monoisotopic (exact) mass is 199 g/mol. The van der Waals surface area contributed by atoms with E-state index in [1.165, 1.54) is 10.4 Å². The Labute approximate surface area is 81.2 Å². The maximum atomic E-state index is 10.4. The van der Waals surface area contributed by atoms with Gasteiger partial charge in [0.25, 0.3) is 0 Å². The number of nitrogens with two attached hydrogens (primary N) is 1. The standard InChI is InChI=1S/C9H13NO2S/c1-6-4-5-13-8(6)3-2-7(10)9(11)12/h4-5,7H,2-3,10H2,1H3,(H,11,12)/t7-/m1/s1. The summed E-state index contributed by atoms with van der Waals surface area (Å²) in [6.07, 6.45) is 1.27. The lowest BCUT2D eigenvalue weighted by atomic mass is 10.1. The molecular weight excluding hydrogens is 186 g/mol. The molecule has 0 amide bonds. The van der Waals surface area contributed by atoms with E-state index in [0.717, 1.165) is 6.42 Å². The third-order valence-electron chi connectivity index (χ3n) is 1.97. The van der Waals surface area contributed by atoms with Crippen molar-refractivity contribution in [3.8, 4) is 0 Å². The molecule has 0 fully saturated rings. The van der Waals surface area contributed by atoms with Crippen molar-refractivity contribution in [3.63, 3.8) is 0 Å². The molecule has 0 aliphatic heterocycles. The minimum atomic E-state index is -0.922. The lowest BCUT2D eigenvalue weighted by molar-refractivity contribution is -0.138. The number of aryl methyl sites for hydroxylation is 2.